The molecule has 2 atom stereocenters. The van der Waals surface area contributed by atoms with Crippen molar-refractivity contribution in [2.45, 2.75) is 31.8 Å². The zero-order valence-electron chi connectivity index (χ0n) is 17.2. The van der Waals surface area contributed by atoms with Crippen LogP contribution in [0.3, 0.4) is 0 Å². The van der Waals surface area contributed by atoms with E-state index in [1.165, 1.54) is 4.88 Å². The van der Waals surface area contributed by atoms with E-state index >= 15 is 0 Å². The van der Waals surface area contributed by atoms with Gasteiger partial charge in [-0.15, -0.1) is 11.3 Å². The van der Waals surface area contributed by atoms with Crippen molar-refractivity contribution >= 4 is 17.2 Å². The smallest absolute Gasteiger partial charge is 0.288 e. The van der Waals surface area contributed by atoms with Gasteiger partial charge in [0.15, 0.2) is 5.76 Å². The number of likely N-dealkylation sites (N-methyl/N-ethyl adjacent to an activating group) is 1. The van der Waals surface area contributed by atoms with Gasteiger partial charge in [-0.05, 0) is 35.7 Å². The first-order valence-corrected chi connectivity index (χ1v) is 11.2. The number of thiophene rings is 1. The lowest BCUT2D eigenvalue weighted by Crippen LogP contribution is -2.48. The highest BCUT2D eigenvalue weighted by Crippen LogP contribution is 2.34. The van der Waals surface area contributed by atoms with Gasteiger partial charge < -0.3 is 24.4 Å². The number of ether oxygens (including phenoxy) is 2. The van der Waals surface area contributed by atoms with Gasteiger partial charge in [0.25, 0.3) is 5.91 Å². The van der Waals surface area contributed by atoms with Gasteiger partial charge >= 0.3 is 0 Å². The molecule has 2 aliphatic heterocycles. The van der Waals surface area contributed by atoms with Crippen molar-refractivity contribution in [3.8, 4) is 0 Å². The first kappa shape index (κ1) is 21.1. The van der Waals surface area contributed by atoms with Crippen molar-refractivity contribution in [3.05, 3.63) is 69.6 Å². The molecule has 6 nitrogen and oxygen atoms in total. The van der Waals surface area contributed by atoms with Gasteiger partial charge in [-0.3, -0.25) is 4.79 Å². The summed E-state index contributed by atoms with van der Waals surface area (Å²) in [6, 6.07) is 11.8. The molecule has 7 heteroatoms. The van der Waals surface area contributed by atoms with E-state index in [2.05, 4.69) is 23.4 Å². The first-order chi connectivity index (χ1) is 14.6. The molecule has 1 saturated heterocycles. The summed E-state index contributed by atoms with van der Waals surface area (Å²) in [6.45, 7) is 3.58. The highest BCUT2D eigenvalue weighted by molar-refractivity contribution is 7.10. The number of nitrogens with zero attached hydrogens (tertiary/aromatic N) is 2. The van der Waals surface area contributed by atoms with Gasteiger partial charge in [0, 0.05) is 43.4 Å². The Morgan fingerprint density at radius 3 is 2.57 bits per heavy atom. The fourth-order valence-electron chi connectivity index (χ4n) is 3.71. The molecule has 2 aliphatic rings. The van der Waals surface area contributed by atoms with E-state index in [0.717, 1.165) is 24.2 Å². The van der Waals surface area contributed by atoms with E-state index in [0.29, 0.717) is 31.9 Å². The lowest BCUT2D eigenvalue weighted by Gasteiger charge is -2.35. The minimum atomic E-state index is -0.481. The maximum Gasteiger partial charge on any atom is 0.288 e. The van der Waals surface area contributed by atoms with E-state index in [4.69, 9.17) is 9.47 Å². The van der Waals surface area contributed by atoms with Gasteiger partial charge in [-0.25, -0.2) is 0 Å². The minimum absolute atomic E-state index is 0.0257. The predicted molar refractivity (Wildman–Crippen MR) is 116 cm³/mol. The number of piperazine rings is 1. The number of aliphatic hydroxyl groups excluding tert-OH is 1. The monoisotopic (exact) mass is 428 g/mol. The summed E-state index contributed by atoms with van der Waals surface area (Å²) >= 11 is 1.69. The van der Waals surface area contributed by atoms with Crippen molar-refractivity contribution in [1.29, 1.82) is 0 Å². The Labute approximate surface area is 181 Å². The SMILES string of the molecule is CN1CCN(C(=O)C2=C[C@H](c3cccs3)C[C@H](OCc3ccc(CO)cc3)O2)CC1. The Morgan fingerprint density at radius 2 is 1.90 bits per heavy atom. The number of amides is 1. The van der Waals surface area contributed by atoms with Crippen molar-refractivity contribution in [2.75, 3.05) is 33.2 Å². The second-order valence-corrected chi connectivity index (χ2v) is 8.80. The Balaban J connectivity index is 1.45. The van der Waals surface area contributed by atoms with Crippen LogP contribution < -0.4 is 0 Å². The van der Waals surface area contributed by atoms with Gasteiger partial charge in [0.1, 0.15) is 0 Å². The number of hydrogen-bond acceptors (Lipinski definition) is 6. The lowest BCUT2D eigenvalue weighted by molar-refractivity contribution is -0.156. The van der Waals surface area contributed by atoms with Crippen LogP contribution in [0.2, 0.25) is 0 Å². The largest absolute Gasteiger partial charge is 0.459 e. The van der Waals surface area contributed by atoms with E-state index < -0.39 is 6.29 Å². The topological polar surface area (TPSA) is 62.2 Å². The van der Waals surface area contributed by atoms with Gasteiger partial charge in [-0.1, -0.05) is 30.3 Å². The number of carbonyl (C=O) groups excluding carboxylic acids is 1. The number of aliphatic hydroxyl groups is 1. The highest BCUT2D eigenvalue weighted by atomic mass is 32.1. The minimum Gasteiger partial charge on any atom is -0.459 e. The molecule has 30 heavy (non-hydrogen) atoms. The Bertz CT molecular complexity index is 858. The molecule has 0 unspecified atom stereocenters. The molecule has 0 aliphatic carbocycles. The third-order valence-corrected chi connectivity index (χ3v) is 6.61. The summed E-state index contributed by atoms with van der Waals surface area (Å²) in [4.78, 5) is 18.4. The third kappa shape index (κ3) is 5.10. The number of carbonyl (C=O) groups is 1. The van der Waals surface area contributed by atoms with E-state index in [9.17, 15) is 9.90 Å². The number of allylic oxidation sites excluding steroid dienone is 1. The van der Waals surface area contributed by atoms with Crippen LogP contribution in [0.5, 0.6) is 0 Å². The maximum atomic E-state index is 13.1. The van der Waals surface area contributed by atoms with Crippen molar-refractivity contribution in [1.82, 2.24) is 9.80 Å². The lowest BCUT2D eigenvalue weighted by atomic mass is 9.99. The van der Waals surface area contributed by atoms with Crippen LogP contribution >= 0.6 is 11.3 Å². The molecule has 160 valence electrons. The first-order valence-electron chi connectivity index (χ1n) is 10.3. The summed E-state index contributed by atoms with van der Waals surface area (Å²) in [7, 11) is 2.07. The molecule has 0 saturated carbocycles. The Hall–Kier alpha value is -2.19. The number of rotatable bonds is 6. The highest BCUT2D eigenvalue weighted by Gasteiger charge is 2.32. The van der Waals surface area contributed by atoms with Crippen LogP contribution in [0, 0.1) is 0 Å². The maximum absolute atomic E-state index is 13.1. The fraction of sp³-hybridized carbons (Fsp3) is 0.435. The third-order valence-electron chi connectivity index (χ3n) is 5.61. The summed E-state index contributed by atoms with van der Waals surface area (Å²) in [5, 5.41) is 11.2. The van der Waals surface area contributed by atoms with Gasteiger partial charge in [0.2, 0.25) is 6.29 Å². The second-order valence-electron chi connectivity index (χ2n) is 7.82. The standard InChI is InChI=1S/C23H28N2O4S/c1-24-8-10-25(11-9-24)23(27)20-13-19(21-3-2-12-30-21)14-22(29-20)28-16-18-6-4-17(15-26)5-7-18/h2-7,12-13,19,22,26H,8-11,14-16H2,1H3/t19-,22+/m0/s1. The average molecular weight is 429 g/mol. The van der Waals surface area contributed by atoms with Crippen LogP contribution in [0.15, 0.2) is 53.6 Å². The molecular weight excluding hydrogens is 400 g/mol. The molecule has 0 radical (unpaired) electrons. The molecule has 1 N–H and O–H groups in total. The van der Waals surface area contributed by atoms with Crippen LogP contribution in [0.1, 0.15) is 28.3 Å². The molecule has 1 fully saturated rings. The summed E-state index contributed by atoms with van der Waals surface area (Å²) in [6.07, 6.45) is 2.16. The van der Waals surface area contributed by atoms with E-state index in [1.54, 1.807) is 11.3 Å². The average Bonchev–Trinajstić information content (AvgIpc) is 3.33. The van der Waals surface area contributed by atoms with Crippen molar-refractivity contribution in [2.24, 2.45) is 0 Å². The molecule has 0 bridgehead atoms. The molecule has 1 aromatic carbocycles. The van der Waals surface area contributed by atoms with Gasteiger partial charge in [-0.2, -0.15) is 0 Å². The second kappa shape index (κ2) is 9.75. The molecule has 0 spiro atoms. The summed E-state index contributed by atoms with van der Waals surface area (Å²) in [5.74, 6) is 0.446. The Morgan fingerprint density at radius 1 is 1.17 bits per heavy atom. The van der Waals surface area contributed by atoms with Crippen LogP contribution in [-0.4, -0.2) is 60.3 Å². The van der Waals surface area contributed by atoms with E-state index in [1.807, 2.05) is 41.3 Å². The van der Waals surface area contributed by atoms with Crippen LogP contribution in [0.25, 0.3) is 0 Å². The van der Waals surface area contributed by atoms with E-state index in [-0.39, 0.29) is 18.4 Å². The molecule has 4 rings (SSSR count). The zero-order chi connectivity index (χ0) is 20.9. The normalized spacial score (nSPS) is 22.5. The quantitative estimate of drug-likeness (QED) is 0.767. The van der Waals surface area contributed by atoms with Crippen molar-refractivity contribution < 1.29 is 19.4 Å². The molecule has 2 aromatic rings. The molecule has 3 heterocycles. The number of benzene rings is 1. The molecular formula is C23H28N2O4S. The van der Waals surface area contributed by atoms with Crippen LogP contribution in [-0.2, 0) is 27.5 Å². The number of hydrogen-bond donors (Lipinski definition) is 1. The van der Waals surface area contributed by atoms with Gasteiger partial charge in [0.05, 0.1) is 13.2 Å². The zero-order valence-corrected chi connectivity index (χ0v) is 18.0. The van der Waals surface area contributed by atoms with Crippen molar-refractivity contribution in [3.63, 3.8) is 0 Å². The van der Waals surface area contributed by atoms with Crippen LogP contribution in [0.4, 0.5) is 0 Å². The predicted octanol–water partition coefficient (Wildman–Crippen LogP) is 2.95. The molecule has 1 amide bonds. The molecule has 1 aromatic heterocycles. The summed E-state index contributed by atoms with van der Waals surface area (Å²) in [5.41, 5.74) is 1.87. The Kier molecular flexibility index (Phi) is 6.84. The fourth-order valence-corrected chi connectivity index (χ4v) is 4.52. The summed E-state index contributed by atoms with van der Waals surface area (Å²) < 4.78 is 12.1.